The van der Waals surface area contributed by atoms with E-state index in [4.69, 9.17) is 4.74 Å². The van der Waals surface area contributed by atoms with Crippen LogP contribution in [0.3, 0.4) is 0 Å². The van der Waals surface area contributed by atoms with Gasteiger partial charge in [-0.15, -0.1) is 0 Å². The van der Waals surface area contributed by atoms with Crippen molar-refractivity contribution in [3.05, 3.63) is 0 Å². The third kappa shape index (κ3) is 6.93. The van der Waals surface area contributed by atoms with Crippen LogP contribution in [-0.2, 0) is 9.53 Å². The molecule has 0 aromatic carbocycles. The molecule has 0 aliphatic carbocycles. The lowest BCUT2D eigenvalue weighted by molar-refractivity contribution is -0.148. The van der Waals surface area contributed by atoms with Gasteiger partial charge in [0.25, 0.3) is 0 Å². The SMILES string of the molecule is CCCCC[C@H](C)C(=O)OCCCC. The average molecular weight is 200 g/mol. The highest BCUT2D eigenvalue weighted by atomic mass is 16.5. The summed E-state index contributed by atoms with van der Waals surface area (Å²) in [6.45, 7) is 6.82. The number of hydrogen-bond donors (Lipinski definition) is 0. The van der Waals surface area contributed by atoms with E-state index >= 15 is 0 Å². The van der Waals surface area contributed by atoms with Crippen molar-refractivity contribution in [2.45, 2.75) is 59.3 Å². The van der Waals surface area contributed by atoms with Gasteiger partial charge in [-0.1, -0.05) is 46.5 Å². The standard InChI is InChI=1S/C12H24O2/c1-4-6-8-9-11(3)12(13)14-10-7-5-2/h11H,4-10H2,1-3H3/t11-/m0/s1. The average Bonchev–Trinajstić information content (AvgIpc) is 2.18. The summed E-state index contributed by atoms with van der Waals surface area (Å²) in [6.07, 6.45) is 6.59. The van der Waals surface area contributed by atoms with Gasteiger partial charge in [0.15, 0.2) is 0 Å². The van der Waals surface area contributed by atoms with Crippen LogP contribution in [0.5, 0.6) is 0 Å². The smallest absolute Gasteiger partial charge is 0.308 e. The lowest BCUT2D eigenvalue weighted by Crippen LogP contribution is -2.15. The Morgan fingerprint density at radius 3 is 2.36 bits per heavy atom. The van der Waals surface area contributed by atoms with Crippen LogP contribution in [0.15, 0.2) is 0 Å². The van der Waals surface area contributed by atoms with Crippen LogP contribution in [0.2, 0.25) is 0 Å². The van der Waals surface area contributed by atoms with Gasteiger partial charge in [-0.25, -0.2) is 0 Å². The van der Waals surface area contributed by atoms with E-state index in [1.807, 2.05) is 6.92 Å². The molecule has 0 rings (SSSR count). The van der Waals surface area contributed by atoms with Crippen molar-refractivity contribution in [3.63, 3.8) is 0 Å². The Labute approximate surface area is 88.0 Å². The fraction of sp³-hybridized carbons (Fsp3) is 0.917. The Balaban J connectivity index is 3.44. The van der Waals surface area contributed by atoms with Crippen molar-refractivity contribution < 1.29 is 9.53 Å². The Morgan fingerprint density at radius 1 is 1.14 bits per heavy atom. The van der Waals surface area contributed by atoms with Crippen molar-refractivity contribution in [3.8, 4) is 0 Å². The van der Waals surface area contributed by atoms with Gasteiger partial charge >= 0.3 is 5.97 Å². The molecule has 0 radical (unpaired) electrons. The number of esters is 1. The second-order valence-electron chi connectivity index (χ2n) is 3.92. The summed E-state index contributed by atoms with van der Waals surface area (Å²) in [5.41, 5.74) is 0. The normalized spacial score (nSPS) is 12.5. The van der Waals surface area contributed by atoms with Gasteiger partial charge in [0.2, 0.25) is 0 Å². The molecule has 1 atom stereocenters. The van der Waals surface area contributed by atoms with Crippen molar-refractivity contribution in [2.75, 3.05) is 6.61 Å². The number of carbonyl (C=O) groups is 1. The molecule has 0 spiro atoms. The Hall–Kier alpha value is -0.530. The van der Waals surface area contributed by atoms with Gasteiger partial charge in [-0.05, 0) is 12.8 Å². The monoisotopic (exact) mass is 200 g/mol. The summed E-state index contributed by atoms with van der Waals surface area (Å²) in [4.78, 5) is 11.4. The highest BCUT2D eigenvalue weighted by Crippen LogP contribution is 2.11. The summed E-state index contributed by atoms with van der Waals surface area (Å²) in [5.74, 6) is 0.0629. The Kier molecular flexibility index (Phi) is 8.70. The molecule has 0 saturated heterocycles. The second-order valence-corrected chi connectivity index (χ2v) is 3.92. The molecule has 0 N–H and O–H groups in total. The van der Waals surface area contributed by atoms with E-state index in [9.17, 15) is 4.79 Å². The number of rotatable bonds is 8. The van der Waals surface area contributed by atoms with Gasteiger partial charge in [-0.3, -0.25) is 4.79 Å². The van der Waals surface area contributed by atoms with E-state index in [0.29, 0.717) is 6.61 Å². The van der Waals surface area contributed by atoms with E-state index in [1.165, 1.54) is 12.8 Å². The number of hydrogen-bond acceptors (Lipinski definition) is 2. The summed E-state index contributed by atoms with van der Waals surface area (Å²) < 4.78 is 5.14. The molecule has 2 heteroatoms. The number of ether oxygens (including phenoxy) is 1. The molecule has 2 nitrogen and oxygen atoms in total. The van der Waals surface area contributed by atoms with E-state index in [2.05, 4.69) is 13.8 Å². The minimum Gasteiger partial charge on any atom is -0.465 e. The quantitative estimate of drug-likeness (QED) is 0.442. The first-order valence-corrected chi connectivity index (χ1v) is 5.89. The molecule has 0 aliphatic rings. The Bertz CT molecular complexity index is 143. The fourth-order valence-corrected chi connectivity index (χ4v) is 1.28. The maximum Gasteiger partial charge on any atom is 0.308 e. The molecule has 0 aromatic heterocycles. The van der Waals surface area contributed by atoms with E-state index in [-0.39, 0.29) is 11.9 Å². The van der Waals surface area contributed by atoms with Crippen LogP contribution in [0, 0.1) is 5.92 Å². The predicted octanol–water partition coefficient (Wildman–Crippen LogP) is 3.55. The predicted molar refractivity (Wildman–Crippen MR) is 59.2 cm³/mol. The van der Waals surface area contributed by atoms with E-state index < -0.39 is 0 Å². The summed E-state index contributed by atoms with van der Waals surface area (Å²) >= 11 is 0. The molecular formula is C12H24O2. The molecule has 0 fully saturated rings. The van der Waals surface area contributed by atoms with Crippen LogP contribution >= 0.6 is 0 Å². The highest BCUT2D eigenvalue weighted by molar-refractivity contribution is 5.71. The van der Waals surface area contributed by atoms with Gasteiger partial charge in [-0.2, -0.15) is 0 Å². The Morgan fingerprint density at radius 2 is 1.79 bits per heavy atom. The third-order valence-corrected chi connectivity index (χ3v) is 2.39. The first-order chi connectivity index (χ1) is 6.72. The zero-order valence-electron chi connectivity index (χ0n) is 9.84. The van der Waals surface area contributed by atoms with Gasteiger partial charge in [0, 0.05) is 0 Å². The largest absolute Gasteiger partial charge is 0.465 e. The topological polar surface area (TPSA) is 26.3 Å². The van der Waals surface area contributed by atoms with Crippen molar-refractivity contribution >= 4 is 5.97 Å². The summed E-state index contributed by atoms with van der Waals surface area (Å²) in [5, 5.41) is 0. The van der Waals surface area contributed by atoms with Crippen LogP contribution < -0.4 is 0 Å². The van der Waals surface area contributed by atoms with Crippen LogP contribution in [-0.4, -0.2) is 12.6 Å². The van der Waals surface area contributed by atoms with Crippen LogP contribution in [0.4, 0.5) is 0 Å². The van der Waals surface area contributed by atoms with Crippen molar-refractivity contribution in [1.29, 1.82) is 0 Å². The van der Waals surface area contributed by atoms with Crippen molar-refractivity contribution in [1.82, 2.24) is 0 Å². The lowest BCUT2D eigenvalue weighted by Gasteiger charge is -2.10. The fourth-order valence-electron chi connectivity index (χ4n) is 1.28. The third-order valence-electron chi connectivity index (χ3n) is 2.39. The molecule has 0 bridgehead atoms. The zero-order valence-corrected chi connectivity index (χ0v) is 9.84. The molecule has 0 unspecified atom stereocenters. The van der Waals surface area contributed by atoms with Gasteiger partial charge in [0.05, 0.1) is 12.5 Å². The second kappa shape index (κ2) is 9.04. The number of unbranched alkanes of at least 4 members (excludes halogenated alkanes) is 3. The molecule has 84 valence electrons. The summed E-state index contributed by atoms with van der Waals surface area (Å²) in [6, 6.07) is 0. The zero-order chi connectivity index (χ0) is 10.8. The summed E-state index contributed by atoms with van der Waals surface area (Å²) in [7, 11) is 0. The highest BCUT2D eigenvalue weighted by Gasteiger charge is 2.12. The van der Waals surface area contributed by atoms with Crippen LogP contribution in [0.25, 0.3) is 0 Å². The van der Waals surface area contributed by atoms with Crippen LogP contribution in [0.1, 0.15) is 59.3 Å². The maximum absolute atomic E-state index is 11.4. The molecular weight excluding hydrogens is 176 g/mol. The van der Waals surface area contributed by atoms with E-state index in [1.54, 1.807) is 0 Å². The minimum atomic E-state index is -0.0189. The van der Waals surface area contributed by atoms with Gasteiger partial charge < -0.3 is 4.74 Å². The molecule has 0 amide bonds. The molecule has 0 saturated carbocycles. The lowest BCUT2D eigenvalue weighted by atomic mass is 10.0. The molecule has 0 aliphatic heterocycles. The van der Waals surface area contributed by atoms with E-state index in [0.717, 1.165) is 25.7 Å². The minimum absolute atomic E-state index is 0.0189. The molecule has 0 heterocycles. The first kappa shape index (κ1) is 13.5. The molecule has 14 heavy (non-hydrogen) atoms. The maximum atomic E-state index is 11.4. The number of carbonyl (C=O) groups excluding carboxylic acids is 1. The molecule has 0 aromatic rings. The van der Waals surface area contributed by atoms with Gasteiger partial charge in [0.1, 0.15) is 0 Å². The first-order valence-electron chi connectivity index (χ1n) is 5.89. The van der Waals surface area contributed by atoms with Crippen molar-refractivity contribution in [2.24, 2.45) is 5.92 Å².